The Morgan fingerprint density at radius 2 is 1.48 bits per heavy atom. The molecule has 11 heteroatoms. The number of thioether (sulfide) groups is 1. The van der Waals surface area contributed by atoms with Crippen molar-refractivity contribution in [2.45, 2.75) is 35.7 Å². The fraction of sp³-hybridized carbons (Fsp3) is 0.212. The van der Waals surface area contributed by atoms with Gasteiger partial charge in [-0.1, -0.05) is 77.3 Å². The van der Waals surface area contributed by atoms with Crippen LogP contribution in [0, 0.1) is 6.92 Å². The summed E-state index contributed by atoms with van der Waals surface area (Å²) in [7, 11) is -2.70. The number of aryl methyl sites for hydroxylation is 1. The molecule has 0 aliphatic heterocycles. The van der Waals surface area contributed by atoms with Crippen molar-refractivity contribution in [3.63, 3.8) is 0 Å². The zero-order chi connectivity index (χ0) is 31.9. The first-order valence-corrected chi connectivity index (χ1v) is 17.2. The van der Waals surface area contributed by atoms with E-state index in [0.29, 0.717) is 21.3 Å². The van der Waals surface area contributed by atoms with Crippen LogP contribution in [0.15, 0.2) is 107 Å². The van der Waals surface area contributed by atoms with Crippen LogP contribution in [0.3, 0.4) is 0 Å². The summed E-state index contributed by atoms with van der Waals surface area (Å²) in [6, 6.07) is 26.7. The summed E-state index contributed by atoms with van der Waals surface area (Å²) < 4.78 is 29.3. The zero-order valence-corrected chi connectivity index (χ0v) is 27.7. The molecule has 0 saturated heterocycles. The SMILES string of the molecule is CNC(=O)[C@H](Cc1ccccc1)N(Cc1c(Cl)cccc1Cl)C(=O)CN(c1ccc(C)cc1)S(=O)(=O)c1ccc(SC)cc1. The summed E-state index contributed by atoms with van der Waals surface area (Å²) >= 11 is 14.5. The molecule has 0 unspecified atom stereocenters. The number of sulfonamides is 1. The molecule has 0 aliphatic rings. The van der Waals surface area contributed by atoms with Gasteiger partial charge in [0.05, 0.1) is 10.6 Å². The number of benzene rings is 4. The Morgan fingerprint density at radius 1 is 0.864 bits per heavy atom. The number of carbonyl (C=O) groups is 2. The molecule has 0 spiro atoms. The topological polar surface area (TPSA) is 86.8 Å². The summed E-state index contributed by atoms with van der Waals surface area (Å²) in [5, 5.41) is 3.30. The van der Waals surface area contributed by atoms with Crippen LogP contribution in [-0.2, 0) is 32.6 Å². The molecule has 4 aromatic carbocycles. The van der Waals surface area contributed by atoms with E-state index in [1.54, 1.807) is 54.6 Å². The number of hydrogen-bond donors (Lipinski definition) is 1. The number of amides is 2. The van der Waals surface area contributed by atoms with E-state index in [9.17, 15) is 18.0 Å². The lowest BCUT2D eigenvalue weighted by Crippen LogP contribution is -2.53. The van der Waals surface area contributed by atoms with Gasteiger partial charge < -0.3 is 10.2 Å². The van der Waals surface area contributed by atoms with Crippen LogP contribution in [0.5, 0.6) is 0 Å². The maximum absolute atomic E-state index is 14.4. The quantitative estimate of drug-likeness (QED) is 0.172. The van der Waals surface area contributed by atoms with E-state index in [0.717, 1.165) is 20.3 Å². The Bertz CT molecular complexity index is 1680. The fourth-order valence-electron chi connectivity index (χ4n) is 4.69. The number of hydrogen-bond acceptors (Lipinski definition) is 5. The highest BCUT2D eigenvalue weighted by Gasteiger charge is 2.35. The van der Waals surface area contributed by atoms with Crippen molar-refractivity contribution in [2.24, 2.45) is 0 Å². The molecule has 4 rings (SSSR count). The monoisotopic (exact) mass is 669 g/mol. The summed E-state index contributed by atoms with van der Waals surface area (Å²) in [4.78, 5) is 30.1. The lowest BCUT2D eigenvalue weighted by Gasteiger charge is -2.34. The number of carbonyl (C=O) groups excluding carboxylic acids is 2. The summed E-state index contributed by atoms with van der Waals surface area (Å²) in [6.07, 6.45) is 2.08. The Labute approximate surface area is 273 Å². The van der Waals surface area contributed by atoms with Crippen LogP contribution in [0.1, 0.15) is 16.7 Å². The minimum absolute atomic E-state index is 0.0384. The van der Waals surface area contributed by atoms with E-state index in [1.807, 2.05) is 43.5 Å². The smallest absolute Gasteiger partial charge is 0.264 e. The highest BCUT2D eigenvalue weighted by molar-refractivity contribution is 7.98. The molecule has 0 bridgehead atoms. The van der Waals surface area contributed by atoms with E-state index >= 15 is 0 Å². The van der Waals surface area contributed by atoms with Crippen LogP contribution < -0.4 is 9.62 Å². The van der Waals surface area contributed by atoms with Gasteiger partial charge in [-0.3, -0.25) is 13.9 Å². The number of rotatable bonds is 12. The van der Waals surface area contributed by atoms with E-state index in [2.05, 4.69) is 5.32 Å². The first-order valence-electron chi connectivity index (χ1n) is 13.8. The van der Waals surface area contributed by atoms with Crippen molar-refractivity contribution in [1.82, 2.24) is 10.2 Å². The normalized spacial score (nSPS) is 11.9. The number of likely N-dealkylation sites (N-methyl/N-ethyl adjacent to an activating group) is 1. The van der Waals surface area contributed by atoms with Gasteiger partial charge in [-0.2, -0.15) is 0 Å². The van der Waals surface area contributed by atoms with Gasteiger partial charge in [-0.25, -0.2) is 8.42 Å². The van der Waals surface area contributed by atoms with Gasteiger partial charge in [0.15, 0.2) is 0 Å². The third-order valence-electron chi connectivity index (χ3n) is 7.16. The van der Waals surface area contributed by atoms with Crippen LogP contribution >= 0.6 is 35.0 Å². The standard InChI is InChI=1S/C33H33Cl2N3O4S2/c1-23-12-14-25(15-13-23)38(44(41,42)27-18-16-26(43-3)17-19-27)22-32(39)37(21-28-29(34)10-7-11-30(28)35)31(33(40)36-2)20-24-8-5-4-6-9-24/h4-19,31H,20-22H2,1-3H3,(H,36,40)/t31-/m0/s1. The molecule has 1 atom stereocenters. The molecule has 0 aliphatic carbocycles. The Morgan fingerprint density at radius 3 is 2.05 bits per heavy atom. The van der Waals surface area contributed by atoms with Gasteiger partial charge in [-0.05, 0) is 67.3 Å². The Hall–Kier alpha value is -3.50. The van der Waals surface area contributed by atoms with E-state index in [1.165, 1.54) is 35.8 Å². The van der Waals surface area contributed by atoms with Gasteiger partial charge in [-0.15, -0.1) is 11.8 Å². The lowest BCUT2D eigenvalue weighted by molar-refractivity contribution is -0.139. The Kier molecular flexibility index (Phi) is 11.4. The molecule has 7 nitrogen and oxygen atoms in total. The number of nitrogens with zero attached hydrogens (tertiary/aromatic N) is 2. The Balaban J connectivity index is 1.81. The van der Waals surface area contributed by atoms with Gasteiger partial charge in [0, 0.05) is 40.5 Å². The molecule has 0 fully saturated rings. The van der Waals surface area contributed by atoms with Gasteiger partial charge in [0.1, 0.15) is 12.6 Å². The molecule has 2 amide bonds. The van der Waals surface area contributed by atoms with Crippen molar-refractivity contribution in [1.29, 1.82) is 0 Å². The first-order chi connectivity index (χ1) is 21.0. The number of halogens is 2. The van der Waals surface area contributed by atoms with Crippen LogP contribution in [0.25, 0.3) is 0 Å². The maximum Gasteiger partial charge on any atom is 0.264 e. The molecule has 0 saturated carbocycles. The van der Waals surface area contributed by atoms with Crippen molar-refractivity contribution in [3.8, 4) is 0 Å². The van der Waals surface area contributed by atoms with E-state index in [4.69, 9.17) is 23.2 Å². The van der Waals surface area contributed by atoms with Crippen LogP contribution in [0.4, 0.5) is 5.69 Å². The fourth-order valence-corrected chi connectivity index (χ4v) is 7.03. The van der Waals surface area contributed by atoms with E-state index in [-0.39, 0.29) is 17.9 Å². The molecule has 230 valence electrons. The van der Waals surface area contributed by atoms with Crippen molar-refractivity contribution in [3.05, 3.63) is 124 Å². The highest BCUT2D eigenvalue weighted by atomic mass is 35.5. The second-order valence-corrected chi connectivity index (χ2v) is 13.6. The zero-order valence-electron chi connectivity index (χ0n) is 24.5. The van der Waals surface area contributed by atoms with Crippen molar-refractivity contribution >= 4 is 62.5 Å². The van der Waals surface area contributed by atoms with Gasteiger partial charge in [0.2, 0.25) is 11.8 Å². The molecule has 4 aromatic rings. The van der Waals surface area contributed by atoms with Gasteiger partial charge >= 0.3 is 0 Å². The van der Waals surface area contributed by atoms with Crippen LogP contribution in [0.2, 0.25) is 10.0 Å². The first kappa shape index (κ1) is 33.4. The van der Waals surface area contributed by atoms with Crippen LogP contribution in [-0.4, -0.2) is 51.0 Å². The maximum atomic E-state index is 14.4. The lowest BCUT2D eigenvalue weighted by atomic mass is 10.0. The van der Waals surface area contributed by atoms with Crippen molar-refractivity contribution < 1.29 is 18.0 Å². The van der Waals surface area contributed by atoms with Crippen molar-refractivity contribution in [2.75, 3.05) is 24.2 Å². The molecular formula is C33H33Cl2N3O4S2. The number of nitrogens with one attached hydrogen (secondary N) is 1. The minimum Gasteiger partial charge on any atom is -0.357 e. The largest absolute Gasteiger partial charge is 0.357 e. The molecular weight excluding hydrogens is 637 g/mol. The van der Waals surface area contributed by atoms with E-state index < -0.39 is 34.4 Å². The predicted octanol–water partition coefficient (Wildman–Crippen LogP) is 6.61. The molecule has 44 heavy (non-hydrogen) atoms. The molecule has 0 aromatic heterocycles. The number of anilines is 1. The predicted molar refractivity (Wildman–Crippen MR) is 179 cm³/mol. The minimum atomic E-state index is -4.20. The average molecular weight is 671 g/mol. The summed E-state index contributed by atoms with van der Waals surface area (Å²) in [6.45, 7) is 1.20. The third-order valence-corrected chi connectivity index (χ3v) is 10.4. The summed E-state index contributed by atoms with van der Waals surface area (Å²) in [5.41, 5.74) is 2.51. The molecule has 0 heterocycles. The third kappa shape index (κ3) is 7.95. The highest BCUT2D eigenvalue weighted by Crippen LogP contribution is 2.29. The average Bonchev–Trinajstić information content (AvgIpc) is 3.03. The summed E-state index contributed by atoms with van der Waals surface area (Å²) in [5.74, 6) is -1.02. The second-order valence-electron chi connectivity index (χ2n) is 10.1. The molecule has 1 N–H and O–H groups in total. The molecule has 0 radical (unpaired) electrons. The second kappa shape index (κ2) is 15.0. The van der Waals surface area contributed by atoms with Gasteiger partial charge in [0.25, 0.3) is 10.0 Å².